The lowest BCUT2D eigenvalue weighted by Gasteiger charge is -2.20. The summed E-state index contributed by atoms with van der Waals surface area (Å²) in [5.41, 5.74) is 8.11. The van der Waals surface area contributed by atoms with E-state index in [1.54, 1.807) is 21.7 Å². The van der Waals surface area contributed by atoms with Gasteiger partial charge in [0.2, 0.25) is 5.91 Å². The topological polar surface area (TPSA) is 129 Å². The van der Waals surface area contributed by atoms with Gasteiger partial charge in [0.25, 0.3) is 5.91 Å². The number of nitrogens with two attached hydrogens (primary N) is 1. The zero-order valence-electron chi connectivity index (χ0n) is 16.7. The standard InChI is InChI=1S/C21H20FN7O2/c1-12-9-28(19(30)2-3-23)11-17(12)27-20-16(21(24)31)8-26-29-10-14(5-18(20)29)13-4-15(22)7-25-6-13/h4-8,10,12,17,27H,2,9,11H2,1H3,(H2,24,31)/t12-,17-/m1/s1. The first kappa shape index (κ1) is 20.3. The molecule has 158 valence electrons. The summed E-state index contributed by atoms with van der Waals surface area (Å²) in [5, 5.41) is 16.4. The predicted octanol–water partition coefficient (Wildman–Crippen LogP) is 1.81. The van der Waals surface area contributed by atoms with Gasteiger partial charge >= 0.3 is 0 Å². The Labute approximate surface area is 177 Å². The maximum atomic E-state index is 13.6. The number of nitrogens with zero attached hydrogens (tertiary/aromatic N) is 5. The van der Waals surface area contributed by atoms with Crippen LogP contribution in [-0.2, 0) is 4.79 Å². The van der Waals surface area contributed by atoms with Crippen molar-refractivity contribution in [1.82, 2.24) is 19.5 Å². The average Bonchev–Trinajstić information content (AvgIpc) is 3.32. The minimum atomic E-state index is -0.643. The number of nitrogens with one attached hydrogen (secondary N) is 1. The Bertz CT molecular complexity index is 1220. The number of rotatable bonds is 5. The van der Waals surface area contributed by atoms with Gasteiger partial charge in [0.05, 0.1) is 35.2 Å². The number of hydrogen-bond donors (Lipinski definition) is 2. The molecule has 1 aliphatic heterocycles. The van der Waals surface area contributed by atoms with Gasteiger partial charge in [-0.05, 0) is 18.1 Å². The van der Waals surface area contributed by atoms with E-state index in [9.17, 15) is 14.0 Å². The van der Waals surface area contributed by atoms with Crippen molar-refractivity contribution in [1.29, 1.82) is 5.26 Å². The molecule has 1 aliphatic rings. The summed E-state index contributed by atoms with van der Waals surface area (Å²) in [4.78, 5) is 29.7. The van der Waals surface area contributed by atoms with E-state index < -0.39 is 11.7 Å². The van der Waals surface area contributed by atoms with Crippen LogP contribution in [0.4, 0.5) is 10.1 Å². The van der Waals surface area contributed by atoms with Crippen molar-refractivity contribution < 1.29 is 14.0 Å². The lowest BCUT2D eigenvalue weighted by Crippen LogP contribution is -2.32. The van der Waals surface area contributed by atoms with Gasteiger partial charge in [0, 0.05) is 42.7 Å². The average molecular weight is 421 g/mol. The Balaban J connectivity index is 1.72. The van der Waals surface area contributed by atoms with Crippen molar-refractivity contribution >= 4 is 23.0 Å². The first-order valence-electron chi connectivity index (χ1n) is 9.70. The van der Waals surface area contributed by atoms with E-state index in [0.29, 0.717) is 35.4 Å². The van der Waals surface area contributed by atoms with E-state index in [2.05, 4.69) is 15.4 Å². The maximum Gasteiger partial charge on any atom is 0.252 e. The molecule has 0 saturated carbocycles. The third-order valence-corrected chi connectivity index (χ3v) is 5.47. The molecular formula is C21H20FN7O2. The fraction of sp³-hybridized carbons (Fsp3) is 0.286. The molecule has 0 unspecified atom stereocenters. The number of carbonyl (C=O) groups excluding carboxylic acids is 2. The zero-order chi connectivity index (χ0) is 22.1. The molecular weight excluding hydrogens is 401 g/mol. The number of anilines is 1. The third kappa shape index (κ3) is 3.90. The third-order valence-electron chi connectivity index (χ3n) is 5.47. The van der Waals surface area contributed by atoms with Crippen LogP contribution in [0.1, 0.15) is 23.7 Å². The Hall–Kier alpha value is -4.00. The van der Waals surface area contributed by atoms with Crippen LogP contribution in [0.5, 0.6) is 0 Å². The van der Waals surface area contributed by atoms with Gasteiger partial charge < -0.3 is 16.0 Å². The van der Waals surface area contributed by atoms with E-state index in [4.69, 9.17) is 11.0 Å². The molecule has 0 bridgehead atoms. The molecule has 1 fully saturated rings. The monoisotopic (exact) mass is 421 g/mol. The Morgan fingerprint density at radius 1 is 1.29 bits per heavy atom. The summed E-state index contributed by atoms with van der Waals surface area (Å²) >= 11 is 0. The van der Waals surface area contributed by atoms with E-state index in [1.807, 2.05) is 13.0 Å². The highest BCUT2D eigenvalue weighted by atomic mass is 19.1. The zero-order valence-corrected chi connectivity index (χ0v) is 16.7. The lowest BCUT2D eigenvalue weighted by molar-refractivity contribution is -0.129. The highest BCUT2D eigenvalue weighted by Crippen LogP contribution is 2.31. The van der Waals surface area contributed by atoms with E-state index >= 15 is 0 Å². The second-order valence-electron chi connectivity index (χ2n) is 7.61. The summed E-state index contributed by atoms with van der Waals surface area (Å²) in [6.45, 7) is 2.89. The quantitative estimate of drug-likeness (QED) is 0.646. The van der Waals surface area contributed by atoms with E-state index in [0.717, 1.165) is 6.20 Å². The number of halogens is 1. The SMILES string of the molecule is C[C@@H]1CN(C(=O)CC#N)C[C@H]1Nc1c(C(N)=O)cnn2cc(-c3cncc(F)c3)cc12. The van der Waals surface area contributed by atoms with Gasteiger partial charge in [-0.25, -0.2) is 8.91 Å². The van der Waals surface area contributed by atoms with E-state index in [-0.39, 0.29) is 29.9 Å². The molecule has 4 heterocycles. The lowest BCUT2D eigenvalue weighted by atomic mass is 10.1. The molecule has 3 aromatic rings. The van der Waals surface area contributed by atoms with Gasteiger partial charge in [-0.2, -0.15) is 10.4 Å². The first-order valence-corrected chi connectivity index (χ1v) is 9.70. The van der Waals surface area contributed by atoms with Crippen molar-refractivity contribution in [3.8, 4) is 17.2 Å². The normalized spacial score (nSPS) is 18.2. The Morgan fingerprint density at radius 3 is 2.81 bits per heavy atom. The van der Waals surface area contributed by atoms with Crippen LogP contribution in [0.25, 0.3) is 16.6 Å². The minimum Gasteiger partial charge on any atom is -0.378 e. The molecule has 0 spiro atoms. The molecule has 9 nitrogen and oxygen atoms in total. The van der Waals surface area contributed by atoms with Gasteiger partial charge in [-0.15, -0.1) is 0 Å². The molecule has 0 radical (unpaired) electrons. The van der Waals surface area contributed by atoms with Crippen LogP contribution in [-0.4, -0.2) is 50.4 Å². The molecule has 2 atom stereocenters. The van der Waals surface area contributed by atoms with E-state index in [1.165, 1.54) is 18.5 Å². The van der Waals surface area contributed by atoms with Crippen molar-refractivity contribution in [2.24, 2.45) is 11.7 Å². The summed E-state index contributed by atoms with van der Waals surface area (Å²) in [7, 11) is 0. The van der Waals surface area contributed by atoms with Crippen LogP contribution in [0, 0.1) is 23.1 Å². The number of primary amides is 1. The molecule has 2 amide bonds. The number of fused-ring (bicyclic) bond motifs is 1. The molecule has 1 saturated heterocycles. The number of amides is 2. The number of likely N-dealkylation sites (tertiary alicyclic amines) is 1. The summed E-state index contributed by atoms with van der Waals surface area (Å²) in [5.74, 6) is -1.25. The minimum absolute atomic E-state index is 0.0819. The molecule has 31 heavy (non-hydrogen) atoms. The Morgan fingerprint density at radius 2 is 2.10 bits per heavy atom. The van der Waals surface area contributed by atoms with Crippen LogP contribution >= 0.6 is 0 Å². The van der Waals surface area contributed by atoms with Crippen LogP contribution in [0.2, 0.25) is 0 Å². The molecule has 3 N–H and O–H groups in total. The first-order chi connectivity index (χ1) is 14.9. The van der Waals surface area contributed by atoms with Gasteiger partial charge in [-0.1, -0.05) is 6.92 Å². The second-order valence-corrected chi connectivity index (χ2v) is 7.61. The second kappa shape index (κ2) is 8.02. The fourth-order valence-electron chi connectivity index (χ4n) is 3.85. The molecule has 10 heteroatoms. The van der Waals surface area contributed by atoms with Gasteiger partial charge in [-0.3, -0.25) is 14.6 Å². The summed E-state index contributed by atoms with van der Waals surface area (Å²) in [6, 6.07) is 4.86. The highest BCUT2D eigenvalue weighted by Gasteiger charge is 2.33. The number of nitriles is 1. The molecule has 4 rings (SSSR count). The van der Waals surface area contributed by atoms with Crippen molar-refractivity contribution in [2.75, 3.05) is 18.4 Å². The summed E-state index contributed by atoms with van der Waals surface area (Å²) in [6.07, 6.45) is 5.58. The molecule has 0 aliphatic carbocycles. The Kier molecular flexibility index (Phi) is 5.25. The number of carbonyl (C=O) groups is 2. The van der Waals surface area contributed by atoms with Gasteiger partial charge in [0.15, 0.2) is 0 Å². The maximum absolute atomic E-state index is 13.6. The molecule has 3 aromatic heterocycles. The van der Waals surface area contributed by atoms with Crippen LogP contribution in [0.3, 0.4) is 0 Å². The number of pyridine rings is 1. The van der Waals surface area contributed by atoms with Gasteiger partial charge in [0.1, 0.15) is 12.2 Å². The van der Waals surface area contributed by atoms with Crippen molar-refractivity contribution in [3.63, 3.8) is 0 Å². The van der Waals surface area contributed by atoms with Crippen molar-refractivity contribution in [2.45, 2.75) is 19.4 Å². The fourth-order valence-corrected chi connectivity index (χ4v) is 3.85. The number of hydrogen-bond acceptors (Lipinski definition) is 6. The van der Waals surface area contributed by atoms with Crippen molar-refractivity contribution in [3.05, 3.63) is 48.3 Å². The largest absolute Gasteiger partial charge is 0.378 e. The smallest absolute Gasteiger partial charge is 0.252 e. The summed E-state index contributed by atoms with van der Waals surface area (Å²) < 4.78 is 15.2. The highest BCUT2D eigenvalue weighted by molar-refractivity contribution is 6.02. The predicted molar refractivity (Wildman–Crippen MR) is 110 cm³/mol. The van der Waals surface area contributed by atoms with Crippen LogP contribution in [0.15, 0.2) is 36.9 Å². The van der Waals surface area contributed by atoms with Crippen LogP contribution < -0.4 is 11.1 Å². The molecule has 0 aromatic carbocycles. The number of aromatic nitrogens is 3.